The van der Waals surface area contributed by atoms with E-state index < -0.39 is 0 Å². The Morgan fingerprint density at radius 1 is 1.32 bits per heavy atom. The van der Waals surface area contributed by atoms with Gasteiger partial charge in [-0.1, -0.05) is 29.8 Å². The number of aromatic nitrogens is 2. The molecule has 3 rings (SSSR count). The van der Waals surface area contributed by atoms with Crippen LogP contribution in [0.5, 0.6) is 0 Å². The van der Waals surface area contributed by atoms with E-state index in [0.717, 1.165) is 25.4 Å². The van der Waals surface area contributed by atoms with E-state index in [1.807, 2.05) is 10.9 Å². The van der Waals surface area contributed by atoms with Crippen LogP contribution >= 0.6 is 0 Å². The number of nitrogens with one attached hydrogen (secondary N) is 1. The summed E-state index contributed by atoms with van der Waals surface area (Å²) in [6.45, 7) is 4.42. The van der Waals surface area contributed by atoms with Crippen molar-refractivity contribution in [3.8, 4) is 11.1 Å². The normalized spacial score (nSPS) is 18.9. The van der Waals surface area contributed by atoms with Crippen LogP contribution in [0.15, 0.2) is 30.5 Å². The lowest BCUT2D eigenvalue weighted by molar-refractivity contribution is 0.549. The number of nitrogens with zero attached hydrogens (tertiary/aromatic N) is 2. The summed E-state index contributed by atoms with van der Waals surface area (Å²) in [6.07, 6.45) is 4.40. The molecule has 19 heavy (non-hydrogen) atoms. The van der Waals surface area contributed by atoms with Crippen molar-refractivity contribution in [2.45, 2.75) is 19.8 Å². The number of aryl methyl sites for hydroxylation is 2. The van der Waals surface area contributed by atoms with Crippen molar-refractivity contribution >= 4 is 0 Å². The van der Waals surface area contributed by atoms with E-state index in [-0.39, 0.29) is 0 Å². The predicted octanol–water partition coefficient (Wildman–Crippen LogP) is 2.55. The largest absolute Gasteiger partial charge is 0.316 e. The maximum absolute atomic E-state index is 4.45. The van der Waals surface area contributed by atoms with Crippen molar-refractivity contribution in [2.24, 2.45) is 13.0 Å². The highest BCUT2D eigenvalue weighted by Crippen LogP contribution is 2.26. The van der Waals surface area contributed by atoms with Gasteiger partial charge < -0.3 is 5.32 Å². The average Bonchev–Trinajstić information content (AvgIpc) is 3.03. The fourth-order valence-corrected chi connectivity index (χ4v) is 2.84. The van der Waals surface area contributed by atoms with Crippen LogP contribution < -0.4 is 5.32 Å². The van der Waals surface area contributed by atoms with Crippen LogP contribution in [0, 0.1) is 12.8 Å². The maximum Gasteiger partial charge on any atom is 0.0571 e. The third kappa shape index (κ3) is 2.56. The van der Waals surface area contributed by atoms with Crippen molar-refractivity contribution < 1.29 is 0 Å². The van der Waals surface area contributed by atoms with E-state index in [2.05, 4.69) is 48.7 Å². The van der Waals surface area contributed by atoms with E-state index in [9.17, 15) is 0 Å². The minimum absolute atomic E-state index is 0.750. The van der Waals surface area contributed by atoms with E-state index in [4.69, 9.17) is 0 Å². The highest BCUT2D eigenvalue weighted by molar-refractivity contribution is 5.65. The van der Waals surface area contributed by atoms with Gasteiger partial charge in [-0.05, 0) is 44.3 Å². The van der Waals surface area contributed by atoms with Crippen LogP contribution in [0.1, 0.15) is 17.7 Å². The zero-order valence-electron chi connectivity index (χ0n) is 11.7. The summed E-state index contributed by atoms with van der Waals surface area (Å²) in [5.74, 6) is 0.750. The number of rotatable bonds is 3. The predicted molar refractivity (Wildman–Crippen MR) is 78.1 cm³/mol. The molecule has 1 atom stereocenters. The first-order chi connectivity index (χ1) is 9.24. The van der Waals surface area contributed by atoms with Crippen LogP contribution in [-0.2, 0) is 13.5 Å². The zero-order chi connectivity index (χ0) is 13.2. The molecule has 1 aliphatic heterocycles. The van der Waals surface area contributed by atoms with E-state index in [1.54, 1.807) is 0 Å². The third-order valence-corrected chi connectivity index (χ3v) is 4.07. The molecule has 1 N–H and O–H groups in total. The first-order valence-electron chi connectivity index (χ1n) is 7.02. The summed E-state index contributed by atoms with van der Waals surface area (Å²) in [7, 11) is 2.05. The van der Waals surface area contributed by atoms with Crippen molar-refractivity contribution in [3.63, 3.8) is 0 Å². The zero-order valence-corrected chi connectivity index (χ0v) is 11.7. The second kappa shape index (κ2) is 5.17. The Bertz CT molecular complexity index is 548. The van der Waals surface area contributed by atoms with Gasteiger partial charge >= 0.3 is 0 Å². The Kier molecular flexibility index (Phi) is 3.38. The standard InChI is InChI=1S/C16H21N3/c1-12-3-5-14(6-4-12)15-11-18-19(2)16(15)9-13-7-8-17-10-13/h3-6,11,13,17H,7-10H2,1-2H3. The van der Waals surface area contributed by atoms with Crippen molar-refractivity contribution in [1.82, 2.24) is 15.1 Å². The van der Waals surface area contributed by atoms with Gasteiger partial charge in [-0.15, -0.1) is 0 Å². The first-order valence-corrected chi connectivity index (χ1v) is 7.02. The SMILES string of the molecule is Cc1ccc(-c2cnn(C)c2CC2CCNC2)cc1. The van der Waals surface area contributed by atoms with Crippen LogP contribution in [-0.4, -0.2) is 22.9 Å². The van der Waals surface area contributed by atoms with Gasteiger partial charge in [0.2, 0.25) is 0 Å². The third-order valence-electron chi connectivity index (χ3n) is 4.07. The molecule has 0 saturated carbocycles. The van der Waals surface area contributed by atoms with E-state index >= 15 is 0 Å². The van der Waals surface area contributed by atoms with E-state index in [0.29, 0.717) is 0 Å². The summed E-state index contributed by atoms with van der Waals surface area (Å²) in [5.41, 5.74) is 5.22. The van der Waals surface area contributed by atoms with Crippen LogP contribution in [0.25, 0.3) is 11.1 Å². The van der Waals surface area contributed by atoms with Gasteiger partial charge in [-0.3, -0.25) is 4.68 Å². The summed E-state index contributed by atoms with van der Waals surface area (Å²) >= 11 is 0. The second-order valence-electron chi connectivity index (χ2n) is 5.56. The van der Waals surface area contributed by atoms with Gasteiger partial charge in [0.15, 0.2) is 0 Å². The summed E-state index contributed by atoms with van der Waals surface area (Å²) in [6, 6.07) is 8.73. The number of hydrogen-bond acceptors (Lipinski definition) is 2. The molecule has 1 saturated heterocycles. The molecule has 0 bridgehead atoms. The topological polar surface area (TPSA) is 29.9 Å². The molecule has 1 aromatic carbocycles. The van der Waals surface area contributed by atoms with Gasteiger partial charge in [0.1, 0.15) is 0 Å². The lowest BCUT2D eigenvalue weighted by Gasteiger charge is -2.11. The van der Waals surface area contributed by atoms with Crippen molar-refractivity contribution in [2.75, 3.05) is 13.1 Å². The van der Waals surface area contributed by atoms with Gasteiger partial charge in [0.25, 0.3) is 0 Å². The molecule has 3 nitrogen and oxygen atoms in total. The Labute approximate surface area is 114 Å². The van der Waals surface area contributed by atoms with Gasteiger partial charge in [0.05, 0.1) is 6.20 Å². The molecule has 0 spiro atoms. The smallest absolute Gasteiger partial charge is 0.0571 e. The summed E-state index contributed by atoms with van der Waals surface area (Å²) in [5, 5.41) is 7.89. The van der Waals surface area contributed by atoms with Crippen molar-refractivity contribution in [3.05, 3.63) is 41.7 Å². The quantitative estimate of drug-likeness (QED) is 0.913. The fraction of sp³-hybridized carbons (Fsp3) is 0.438. The molecule has 0 radical (unpaired) electrons. The highest BCUT2D eigenvalue weighted by Gasteiger charge is 2.19. The Morgan fingerprint density at radius 3 is 2.79 bits per heavy atom. The molecule has 0 aliphatic carbocycles. The molecule has 2 heterocycles. The lowest BCUT2D eigenvalue weighted by Crippen LogP contribution is -2.13. The van der Waals surface area contributed by atoms with Gasteiger partial charge in [-0.25, -0.2) is 0 Å². The molecule has 100 valence electrons. The van der Waals surface area contributed by atoms with E-state index in [1.165, 1.54) is 28.8 Å². The van der Waals surface area contributed by atoms with Crippen LogP contribution in [0.3, 0.4) is 0 Å². The van der Waals surface area contributed by atoms with Gasteiger partial charge in [0, 0.05) is 18.3 Å². The highest BCUT2D eigenvalue weighted by atomic mass is 15.3. The van der Waals surface area contributed by atoms with Gasteiger partial charge in [-0.2, -0.15) is 5.10 Å². The summed E-state index contributed by atoms with van der Waals surface area (Å²) in [4.78, 5) is 0. The molecule has 2 aromatic rings. The fourth-order valence-electron chi connectivity index (χ4n) is 2.84. The average molecular weight is 255 g/mol. The molecular weight excluding hydrogens is 234 g/mol. The Hall–Kier alpha value is -1.61. The molecule has 1 unspecified atom stereocenters. The second-order valence-corrected chi connectivity index (χ2v) is 5.56. The monoisotopic (exact) mass is 255 g/mol. The molecule has 1 aliphatic rings. The number of hydrogen-bond donors (Lipinski definition) is 1. The molecule has 1 aromatic heterocycles. The van der Waals surface area contributed by atoms with Crippen molar-refractivity contribution in [1.29, 1.82) is 0 Å². The van der Waals surface area contributed by atoms with Crippen LogP contribution in [0.4, 0.5) is 0 Å². The minimum atomic E-state index is 0.750. The molecule has 3 heteroatoms. The number of benzene rings is 1. The minimum Gasteiger partial charge on any atom is -0.316 e. The molecule has 1 fully saturated rings. The Balaban J connectivity index is 1.91. The first kappa shape index (κ1) is 12.4. The summed E-state index contributed by atoms with van der Waals surface area (Å²) < 4.78 is 2.04. The molecule has 0 amide bonds. The van der Waals surface area contributed by atoms with Crippen LogP contribution in [0.2, 0.25) is 0 Å². The maximum atomic E-state index is 4.45. The molecular formula is C16H21N3. The Morgan fingerprint density at radius 2 is 2.11 bits per heavy atom. The lowest BCUT2D eigenvalue weighted by atomic mass is 9.97.